The Kier molecular flexibility index (Phi) is 5.22. The van der Waals surface area contributed by atoms with Gasteiger partial charge in [-0.3, -0.25) is 4.79 Å². The number of carbonyl (C=O) groups is 1. The van der Waals surface area contributed by atoms with E-state index >= 15 is 0 Å². The number of aryl methyl sites for hydroxylation is 2. The normalized spacial score (nSPS) is 15.7. The number of anilines is 1. The smallest absolute Gasteiger partial charge is 0.252 e. The highest BCUT2D eigenvalue weighted by molar-refractivity contribution is 8.00. The number of nitrogens with one attached hydrogen (secondary N) is 1. The van der Waals surface area contributed by atoms with E-state index in [1.54, 1.807) is 16.8 Å². The van der Waals surface area contributed by atoms with Crippen molar-refractivity contribution in [1.82, 2.24) is 19.7 Å². The van der Waals surface area contributed by atoms with E-state index in [-0.39, 0.29) is 22.7 Å². The zero-order valence-electron chi connectivity index (χ0n) is 17.5. The Morgan fingerprint density at radius 1 is 1.03 bits per heavy atom. The van der Waals surface area contributed by atoms with Crippen LogP contribution in [0, 0.1) is 19.7 Å². The number of nitrogens with zero attached hydrogens (tertiary/aromatic N) is 4. The molecule has 2 aromatic carbocycles. The molecule has 5 rings (SSSR count). The van der Waals surface area contributed by atoms with Gasteiger partial charge < -0.3 is 5.32 Å². The molecule has 0 radical (unpaired) electrons. The van der Waals surface area contributed by atoms with Crippen molar-refractivity contribution in [2.45, 2.75) is 19.1 Å². The summed E-state index contributed by atoms with van der Waals surface area (Å²) in [4.78, 5) is 21.8. The van der Waals surface area contributed by atoms with Crippen molar-refractivity contribution in [1.29, 1.82) is 0 Å². The zero-order chi connectivity index (χ0) is 22.2. The first-order chi connectivity index (χ1) is 15.5. The fourth-order valence-electron chi connectivity index (χ4n) is 3.87. The van der Waals surface area contributed by atoms with Gasteiger partial charge in [0.05, 0.1) is 16.7 Å². The lowest BCUT2D eigenvalue weighted by Crippen LogP contribution is -2.17. The van der Waals surface area contributed by atoms with Crippen LogP contribution in [0.4, 0.5) is 10.2 Å². The van der Waals surface area contributed by atoms with Crippen LogP contribution in [-0.2, 0) is 4.79 Å². The molecule has 1 aliphatic heterocycles. The average Bonchev–Trinajstić information content (AvgIpc) is 3.05. The Morgan fingerprint density at radius 2 is 1.72 bits per heavy atom. The molecular formula is C24H20FN5OS. The minimum Gasteiger partial charge on any atom is -0.309 e. The van der Waals surface area contributed by atoms with Gasteiger partial charge in [-0.25, -0.2) is 14.4 Å². The number of hydrogen-bond donors (Lipinski definition) is 1. The van der Waals surface area contributed by atoms with E-state index in [0.29, 0.717) is 11.8 Å². The number of carbonyl (C=O) groups excluding carboxylic acids is 1. The first-order valence-corrected chi connectivity index (χ1v) is 11.2. The second-order valence-corrected chi connectivity index (χ2v) is 8.72. The first-order valence-electron chi connectivity index (χ1n) is 10.2. The van der Waals surface area contributed by atoms with Crippen LogP contribution in [0.5, 0.6) is 0 Å². The van der Waals surface area contributed by atoms with E-state index in [1.165, 1.54) is 23.9 Å². The SMILES string of the molecule is Cc1cc(C)nc(-n2nc(-c3ccccc3)c3c2NC(=O)CS[C@H]3c2ccc(F)cc2)n1. The van der Waals surface area contributed by atoms with Gasteiger partial charge in [0.25, 0.3) is 5.95 Å². The van der Waals surface area contributed by atoms with Crippen LogP contribution in [0.2, 0.25) is 0 Å². The fourth-order valence-corrected chi connectivity index (χ4v) is 5.00. The number of amides is 1. The molecule has 160 valence electrons. The Hall–Kier alpha value is -3.52. The monoisotopic (exact) mass is 445 g/mol. The Balaban J connectivity index is 1.80. The van der Waals surface area contributed by atoms with Gasteiger partial charge in [0.1, 0.15) is 11.6 Å². The maximum atomic E-state index is 13.6. The molecule has 0 aliphatic carbocycles. The topological polar surface area (TPSA) is 72.7 Å². The zero-order valence-corrected chi connectivity index (χ0v) is 18.4. The summed E-state index contributed by atoms with van der Waals surface area (Å²) in [5.41, 5.74) is 5.00. The van der Waals surface area contributed by atoms with Gasteiger partial charge in [-0.15, -0.1) is 11.8 Å². The lowest BCUT2D eigenvalue weighted by molar-refractivity contribution is -0.113. The summed E-state index contributed by atoms with van der Waals surface area (Å²) in [6, 6.07) is 18.1. The summed E-state index contributed by atoms with van der Waals surface area (Å²) in [6.07, 6.45) is 0. The quantitative estimate of drug-likeness (QED) is 0.488. The van der Waals surface area contributed by atoms with Crippen LogP contribution in [0.1, 0.15) is 27.8 Å². The van der Waals surface area contributed by atoms with Crippen LogP contribution in [0.25, 0.3) is 17.2 Å². The summed E-state index contributed by atoms with van der Waals surface area (Å²) >= 11 is 1.49. The first kappa shape index (κ1) is 20.4. The van der Waals surface area contributed by atoms with Crippen molar-refractivity contribution in [3.63, 3.8) is 0 Å². The number of halogens is 1. The molecule has 0 unspecified atom stereocenters. The predicted molar refractivity (Wildman–Crippen MR) is 123 cm³/mol. The molecule has 0 saturated carbocycles. The third-order valence-corrected chi connectivity index (χ3v) is 6.47. The van der Waals surface area contributed by atoms with E-state index < -0.39 is 0 Å². The maximum Gasteiger partial charge on any atom is 0.252 e. The minimum atomic E-state index is -0.301. The fraction of sp³-hybridized carbons (Fsp3) is 0.167. The number of benzene rings is 2. The van der Waals surface area contributed by atoms with E-state index in [1.807, 2.05) is 50.2 Å². The Bertz CT molecular complexity index is 1280. The lowest BCUT2D eigenvalue weighted by Gasteiger charge is -2.16. The van der Waals surface area contributed by atoms with Crippen molar-refractivity contribution in [2.75, 3.05) is 11.1 Å². The molecule has 0 saturated heterocycles. The molecule has 2 aromatic heterocycles. The van der Waals surface area contributed by atoms with Gasteiger partial charge in [0.15, 0.2) is 0 Å². The van der Waals surface area contributed by atoms with E-state index in [4.69, 9.17) is 5.10 Å². The number of fused-ring (bicyclic) bond motifs is 1. The number of rotatable bonds is 3. The Labute approximate surface area is 188 Å². The Morgan fingerprint density at radius 3 is 2.41 bits per heavy atom. The van der Waals surface area contributed by atoms with Gasteiger partial charge in [0.2, 0.25) is 5.91 Å². The highest BCUT2D eigenvalue weighted by atomic mass is 32.2. The number of thioether (sulfide) groups is 1. The van der Waals surface area contributed by atoms with Gasteiger partial charge in [0, 0.05) is 22.5 Å². The van der Waals surface area contributed by atoms with Crippen molar-refractivity contribution < 1.29 is 9.18 Å². The molecule has 4 aromatic rings. The maximum absolute atomic E-state index is 13.6. The van der Waals surface area contributed by atoms with Gasteiger partial charge in [-0.1, -0.05) is 42.5 Å². The molecule has 1 amide bonds. The standard InChI is InChI=1S/C24H20FN5OS/c1-14-12-15(2)27-24(26-14)30-23-20(21(29-30)16-6-4-3-5-7-16)22(32-13-19(31)28-23)17-8-10-18(25)11-9-17/h3-12,22H,13H2,1-2H3,(H,28,31)/t22-/m0/s1. The third kappa shape index (κ3) is 3.78. The minimum absolute atomic E-state index is 0.133. The third-order valence-electron chi connectivity index (χ3n) is 5.20. The van der Waals surface area contributed by atoms with Gasteiger partial charge in [-0.05, 0) is 37.6 Å². The second kappa shape index (κ2) is 8.20. The molecule has 32 heavy (non-hydrogen) atoms. The molecule has 1 atom stereocenters. The second-order valence-electron chi connectivity index (χ2n) is 7.63. The summed E-state index contributed by atoms with van der Waals surface area (Å²) in [5.74, 6) is 0.762. The highest BCUT2D eigenvalue weighted by Crippen LogP contribution is 2.46. The van der Waals surface area contributed by atoms with Crippen LogP contribution in [0.3, 0.4) is 0 Å². The molecule has 3 heterocycles. The van der Waals surface area contributed by atoms with E-state index in [0.717, 1.165) is 33.8 Å². The van der Waals surface area contributed by atoms with Crippen LogP contribution in [0.15, 0.2) is 60.7 Å². The number of hydrogen-bond acceptors (Lipinski definition) is 5. The van der Waals surface area contributed by atoms with E-state index in [9.17, 15) is 9.18 Å². The molecule has 0 bridgehead atoms. The average molecular weight is 446 g/mol. The highest BCUT2D eigenvalue weighted by Gasteiger charge is 2.33. The molecule has 0 fully saturated rings. The summed E-state index contributed by atoms with van der Waals surface area (Å²) in [6.45, 7) is 3.79. The van der Waals surface area contributed by atoms with Crippen molar-refractivity contribution >= 4 is 23.5 Å². The summed E-state index contributed by atoms with van der Waals surface area (Å²) in [5, 5.41) is 7.67. The van der Waals surface area contributed by atoms with Crippen molar-refractivity contribution in [3.05, 3.63) is 89.0 Å². The van der Waals surface area contributed by atoms with Crippen molar-refractivity contribution in [3.8, 4) is 17.2 Å². The predicted octanol–water partition coefficient (Wildman–Crippen LogP) is 4.86. The molecule has 6 nitrogen and oxygen atoms in total. The summed E-state index contributed by atoms with van der Waals surface area (Å²) in [7, 11) is 0. The molecule has 1 aliphatic rings. The van der Waals surface area contributed by atoms with E-state index in [2.05, 4.69) is 15.3 Å². The van der Waals surface area contributed by atoms with Crippen molar-refractivity contribution in [2.24, 2.45) is 0 Å². The summed E-state index contributed by atoms with van der Waals surface area (Å²) < 4.78 is 15.2. The van der Waals surface area contributed by atoms with Gasteiger partial charge in [-0.2, -0.15) is 9.78 Å². The number of aromatic nitrogens is 4. The van der Waals surface area contributed by atoms with Crippen LogP contribution < -0.4 is 5.32 Å². The molecule has 0 spiro atoms. The van der Waals surface area contributed by atoms with Crippen LogP contribution >= 0.6 is 11.8 Å². The molecular weight excluding hydrogens is 425 g/mol. The van der Waals surface area contributed by atoms with Gasteiger partial charge >= 0.3 is 0 Å². The van der Waals surface area contributed by atoms with Crippen LogP contribution in [-0.4, -0.2) is 31.4 Å². The lowest BCUT2D eigenvalue weighted by atomic mass is 10.00. The molecule has 8 heteroatoms. The molecule has 1 N–H and O–H groups in total. The largest absolute Gasteiger partial charge is 0.309 e.